The molecule has 0 radical (unpaired) electrons. The van der Waals surface area contributed by atoms with Gasteiger partial charge in [-0.2, -0.15) is 0 Å². The van der Waals surface area contributed by atoms with Crippen LogP contribution in [0.5, 0.6) is 0 Å². The van der Waals surface area contributed by atoms with Crippen molar-refractivity contribution in [3.63, 3.8) is 0 Å². The monoisotopic (exact) mass is 232 g/mol. The molecule has 1 aromatic rings. The zero-order chi connectivity index (χ0) is 10.7. The van der Waals surface area contributed by atoms with E-state index in [1.165, 1.54) is 7.05 Å². The van der Waals surface area contributed by atoms with Gasteiger partial charge in [-0.3, -0.25) is 9.80 Å². The number of amides is 1. The predicted molar refractivity (Wildman–Crippen MR) is 57.1 cm³/mol. The number of halogens is 2. The lowest BCUT2D eigenvalue weighted by molar-refractivity contribution is -0.129. The molecule has 1 amide bonds. The number of benzene rings is 1. The summed E-state index contributed by atoms with van der Waals surface area (Å²) in [5.74, 6) is 5.10. The van der Waals surface area contributed by atoms with Crippen LogP contribution in [0.1, 0.15) is 5.56 Å². The van der Waals surface area contributed by atoms with Crippen molar-refractivity contribution in [2.75, 3.05) is 7.05 Å². The molecule has 1 aromatic carbocycles. The van der Waals surface area contributed by atoms with Crippen molar-refractivity contribution in [3.05, 3.63) is 33.8 Å². The summed E-state index contributed by atoms with van der Waals surface area (Å²) in [4.78, 5) is 11.2. The van der Waals surface area contributed by atoms with Crippen molar-refractivity contribution in [1.29, 1.82) is 0 Å². The SMILES string of the molecule is CN(N)C(=O)Cc1ccc(Cl)c(Cl)c1. The lowest BCUT2D eigenvalue weighted by Gasteiger charge is -2.09. The first-order chi connectivity index (χ1) is 6.50. The molecule has 0 atom stereocenters. The van der Waals surface area contributed by atoms with Gasteiger partial charge in [0.05, 0.1) is 16.5 Å². The third kappa shape index (κ3) is 2.87. The van der Waals surface area contributed by atoms with Crippen LogP contribution in [-0.2, 0) is 11.2 Å². The number of likely N-dealkylation sites (N-methyl/N-ethyl adjacent to an activating group) is 1. The number of hydrazine groups is 1. The van der Waals surface area contributed by atoms with E-state index in [0.717, 1.165) is 10.6 Å². The number of rotatable bonds is 2. The van der Waals surface area contributed by atoms with Gasteiger partial charge in [-0.1, -0.05) is 29.3 Å². The standard InChI is InChI=1S/C9H10Cl2N2O/c1-13(12)9(14)5-6-2-3-7(10)8(11)4-6/h2-4H,5,12H2,1H3. The van der Waals surface area contributed by atoms with Crippen molar-refractivity contribution >= 4 is 29.1 Å². The first kappa shape index (κ1) is 11.3. The Balaban J connectivity index is 2.78. The van der Waals surface area contributed by atoms with Crippen molar-refractivity contribution in [2.45, 2.75) is 6.42 Å². The average Bonchev–Trinajstić information content (AvgIpc) is 2.11. The Kier molecular flexibility index (Phi) is 3.75. The predicted octanol–water partition coefficient (Wildman–Crippen LogP) is 1.87. The van der Waals surface area contributed by atoms with E-state index in [-0.39, 0.29) is 12.3 Å². The summed E-state index contributed by atoms with van der Waals surface area (Å²) < 4.78 is 0. The van der Waals surface area contributed by atoms with E-state index in [1.807, 2.05) is 0 Å². The molecule has 0 saturated heterocycles. The Hall–Kier alpha value is -0.770. The van der Waals surface area contributed by atoms with Gasteiger partial charge in [0.25, 0.3) is 0 Å². The summed E-state index contributed by atoms with van der Waals surface area (Å²) in [6.07, 6.45) is 0.226. The van der Waals surface area contributed by atoms with Crippen molar-refractivity contribution in [3.8, 4) is 0 Å². The lowest BCUT2D eigenvalue weighted by Crippen LogP contribution is -2.34. The van der Waals surface area contributed by atoms with Crippen molar-refractivity contribution < 1.29 is 4.79 Å². The molecule has 2 N–H and O–H groups in total. The van der Waals surface area contributed by atoms with Crippen molar-refractivity contribution in [2.24, 2.45) is 5.84 Å². The maximum Gasteiger partial charge on any atom is 0.240 e. The van der Waals surface area contributed by atoms with Crippen LogP contribution in [0, 0.1) is 0 Å². The molecule has 0 saturated carbocycles. The molecule has 0 aliphatic carbocycles. The van der Waals surface area contributed by atoms with Crippen molar-refractivity contribution in [1.82, 2.24) is 5.01 Å². The highest BCUT2D eigenvalue weighted by molar-refractivity contribution is 6.42. The Bertz CT molecular complexity index is 353. The normalized spacial score (nSPS) is 10.0. The van der Waals surface area contributed by atoms with E-state index in [0.29, 0.717) is 10.0 Å². The van der Waals surface area contributed by atoms with Gasteiger partial charge >= 0.3 is 0 Å². The average molecular weight is 233 g/mol. The van der Waals surface area contributed by atoms with Crippen LogP contribution in [0.25, 0.3) is 0 Å². The first-order valence-corrected chi connectivity index (χ1v) is 4.71. The summed E-state index contributed by atoms with van der Waals surface area (Å²) in [5.41, 5.74) is 0.793. The molecule has 3 nitrogen and oxygen atoms in total. The topological polar surface area (TPSA) is 46.3 Å². The Morgan fingerprint density at radius 1 is 1.43 bits per heavy atom. The second kappa shape index (κ2) is 4.64. The highest BCUT2D eigenvalue weighted by Gasteiger charge is 2.07. The molecular formula is C9H10Cl2N2O. The number of carbonyl (C=O) groups is 1. The minimum absolute atomic E-state index is 0.177. The van der Waals surface area contributed by atoms with Gasteiger partial charge < -0.3 is 0 Å². The molecule has 76 valence electrons. The molecule has 0 spiro atoms. The second-order valence-corrected chi connectivity index (χ2v) is 3.74. The fraction of sp³-hybridized carbons (Fsp3) is 0.222. The Labute approximate surface area is 92.4 Å². The van der Waals surface area contributed by atoms with Crippen LogP contribution < -0.4 is 5.84 Å². The Morgan fingerprint density at radius 2 is 2.07 bits per heavy atom. The smallest absolute Gasteiger partial charge is 0.240 e. The van der Waals surface area contributed by atoms with Crippen LogP contribution in [0.3, 0.4) is 0 Å². The second-order valence-electron chi connectivity index (χ2n) is 2.93. The minimum Gasteiger partial charge on any atom is -0.284 e. The lowest BCUT2D eigenvalue weighted by atomic mass is 10.1. The molecule has 14 heavy (non-hydrogen) atoms. The summed E-state index contributed by atoms with van der Waals surface area (Å²) in [6.45, 7) is 0. The van der Waals surface area contributed by atoms with Gasteiger partial charge in [0, 0.05) is 7.05 Å². The number of carbonyl (C=O) groups excluding carboxylic acids is 1. The van der Waals surface area contributed by atoms with Gasteiger partial charge in [-0.25, -0.2) is 5.84 Å². The van der Waals surface area contributed by atoms with Crippen LogP contribution >= 0.6 is 23.2 Å². The third-order valence-electron chi connectivity index (χ3n) is 1.73. The van der Waals surface area contributed by atoms with E-state index in [9.17, 15) is 4.79 Å². The van der Waals surface area contributed by atoms with Gasteiger partial charge in [0.1, 0.15) is 0 Å². The number of hydrogen-bond donors (Lipinski definition) is 1. The summed E-state index contributed by atoms with van der Waals surface area (Å²) >= 11 is 11.5. The molecule has 0 heterocycles. The third-order valence-corrected chi connectivity index (χ3v) is 2.47. The van der Waals surface area contributed by atoms with E-state index in [2.05, 4.69) is 0 Å². The zero-order valence-electron chi connectivity index (χ0n) is 7.63. The first-order valence-electron chi connectivity index (χ1n) is 3.96. The summed E-state index contributed by atoms with van der Waals surface area (Å²) in [5, 5.41) is 1.96. The highest BCUT2D eigenvalue weighted by Crippen LogP contribution is 2.22. The maximum absolute atomic E-state index is 11.2. The Morgan fingerprint density at radius 3 is 2.57 bits per heavy atom. The van der Waals surface area contributed by atoms with Crippen LogP contribution in [0.2, 0.25) is 10.0 Å². The molecule has 0 aromatic heterocycles. The molecule has 0 fully saturated rings. The van der Waals surface area contributed by atoms with Gasteiger partial charge in [-0.15, -0.1) is 0 Å². The van der Waals surface area contributed by atoms with Gasteiger partial charge in [-0.05, 0) is 17.7 Å². The zero-order valence-corrected chi connectivity index (χ0v) is 9.14. The molecule has 0 aliphatic heterocycles. The molecular weight excluding hydrogens is 223 g/mol. The summed E-state index contributed by atoms with van der Waals surface area (Å²) in [7, 11) is 1.50. The molecule has 5 heteroatoms. The fourth-order valence-corrected chi connectivity index (χ4v) is 1.27. The van der Waals surface area contributed by atoms with Gasteiger partial charge in [0.2, 0.25) is 5.91 Å². The van der Waals surface area contributed by atoms with Gasteiger partial charge in [0.15, 0.2) is 0 Å². The quantitative estimate of drug-likeness (QED) is 0.481. The molecule has 0 aliphatic rings. The number of nitrogens with zero attached hydrogens (tertiary/aromatic N) is 1. The highest BCUT2D eigenvalue weighted by atomic mass is 35.5. The molecule has 0 unspecified atom stereocenters. The van der Waals surface area contributed by atoms with Crippen LogP contribution in [0.4, 0.5) is 0 Å². The number of hydrogen-bond acceptors (Lipinski definition) is 2. The van der Waals surface area contributed by atoms with Crippen LogP contribution in [0.15, 0.2) is 18.2 Å². The fourth-order valence-electron chi connectivity index (χ4n) is 0.949. The largest absolute Gasteiger partial charge is 0.284 e. The minimum atomic E-state index is -0.177. The van der Waals surface area contributed by atoms with E-state index >= 15 is 0 Å². The molecule has 0 bridgehead atoms. The maximum atomic E-state index is 11.2. The number of nitrogens with two attached hydrogens (primary N) is 1. The van der Waals surface area contributed by atoms with E-state index < -0.39 is 0 Å². The van der Waals surface area contributed by atoms with E-state index in [1.54, 1.807) is 18.2 Å². The molecule has 1 rings (SSSR count). The summed E-state index contributed by atoms with van der Waals surface area (Å²) in [6, 6.07) is 5.06. The van der Waals surface area contributed by atoms with E-state index in [4.69, 9.17) is 29.0 Å². The van der Waals surface area contributed by atoms with Crippen LogP contribution in [-0.4, -0.2) is 18.0 Å².